The third-order valence-corrected chi connectivity index (χ3v) is 4.67. The van der Waals surface area contributed by atoms with Crippen molar-refractivity contribution >= 4 is 24.0 Å². The molecule has 2 unspecified atom stereocenters. The van der Waals surface area contributed by atoms with Gasteiger partial charge in [-0.3, -0.25) is 14.4 Å². The van der Waals surface area contributed by atoms with Crippen LogP contribution >= 0.6 is 0 Å². The van der Waals surface area contributed by atoms with Crippen LogP contribution in [0.5, 0.6) is 0 Å². The molecule has 0 bridgehead atoms. The summed E-state index contributed by atoms with van der Waals surface area (Å²) in [5, 5.41) is 0. The Hall–Kier alpha value is -2.32. The minimum atomic E-state index is -0.871. The van der Waals surface area contributed by atoms with Gasteiger partial charge in [-0.15, -0.1) is 0 Å². The molecule has 0 radical (unpaired) electrons. The summed E-state index contributed by atoms with van der Waals surface area (Å²) in [4.78, 5) is 47.9. The fraction of sp³-hybridized carbons (Fsp3) is 0.789. The molecule has 0 spiro atoms. The molecule has 1 aliphatic rings. The van der Waals surface area contributed by atoms with E-state index < -0.39 is 29.6 Å². The van der Waals surface area contributed by atoms with Gasteiger partial charge in [0.15, 0.2) is 0 Å². The second-order valence-corrected chi connectivity index (χ2v) is 7.11. The Morgan fingerprint density at radius 3 is 2.36 bits per heavy atom. The number of carbonyl (C=O) groups excluding carboxylic acids is 4. The standard InChI is InChI=1S/C19H31NO8/c1-5-19(4,13-14(2)28-15(3)21)17(23)25-11-12-27-18(24)26-10-9-20-8-6-7-16(20)22/h14H,5-13H2,1-4H3. The number of carbonyl (C=O) groups is 4. The van der Waals surface area contributed by atoms with Gasteiger partial charge < -0.3 is 23.8 Å². The van der Waals surface area contributed by atoms with Gasteiger partial charge >= 0.3 is 18.1 Å². The number of ether oxygens (including phenoxy) is 4. The first-order valence-corrected chi connectivity index (χ1v) is 9.59. The van der Waals surface area contributed by atoms with Crippen molar-refractivity contribution in [3.63, 3.8) is 0 Å². The van der Waals surface area contributed by atoms with E-state index in [1.807, 2.05) is 6.92 Å². The van der Waals surface area contributed by atoms with Gasteiger partial charge in [-0.25, -0.2) is 4.79 Å². The first-order chi connectivity index (χ1) is 13.2. The molecule has 9 nitrogen and oxygen atoms in total. The normalized spacial score (nSPS) is 16.9. The Bertz CT molecular complexity index is 564. The fourth-order valence-corrected chi connectivity index (χ4v) is 2.99. The van der Waals surface area contributed by atoms with E-state index in [4.69, 9.17) is 18.9 Å². The Kier molecular flexibility index (Phi) is 9.75. The average Bonchev–Trinajstić information content (AvgIpc) is 3.02. The molecule has 1 amide bonds. The van der Waals surface area contributed by atoms with Crippen LogP contribution in [0.1, 0.15) is 53.4 Å². The fourth-order valence-electron chi connectivity index (χ4n) is 2.99. The van der Waals surface area contributed by atoms with E-state index in [0.717, 1.165) is 6.42 Å². The van der Waals surface area contributed by atoms with Crippen molar-refractivity contribution in [3.05, 3.63) is 0 Å². The summed E-state index contributed by atoms with van der Waals surface area (Å²) in [5.74, 6) is -0.787. The Morgan fingerprint density at radius 2 is 1.79 bits per heavy atom. The van der Waals surface area contributed by atoms with Gasteiger partial charge in [0, 0.05) is 19.9 Å². The van der Waals surface area contributed by atoms with Crippen molar-refractivity contribution in [2.45, 2.75) is 59.5 Å². The molecule has 28 heavy (non-hydrogen) atoms. The second-order valence-electron chi connectivity index (χ2n) is 7.11. The van der Waals surface area contributed by atoms with Crippen molar-refractivity contribution in [2.75, 3.05) is 32.9 Å². The Balaban J connectivity index is 2.23. The molecular formula is C19H31NO8. The summed E-state index contributed by atoms with van der Waals surface area (Å²) >= 11 is 0. The van der Waals surface area contributed by atoms with Crippen LogP contribution in [0.15, 0.2) is 0 Å². The first kappa shape index (κ1) is 23.7. The number of nitrogens with zero attached hydrogens (tertiary/aromatic N) is 1. The lowest BCUT2D eigenvalue weighted by Crippen LogP contribution is -2.34. The topological polar surface area (TPSA) is 108 Å². The molecule has 0 aromatic heterocycles. The minimum Gasteiger partial charge on any atom is -0.463 e. The zero-order valence-electron chi connectivity index (χ0n) is 17.2. The number of rotatable bonds is 11. The Labute approximate surface area is 165 Å². The minimum absolute atomic E-state index is 0.0610. The molecule has 0 aromatic carbocycles. The highest BCUT2D eigenvalue weighted by Gasteiger charge is 2.35. The van der Waals surface area contributed by atoms with Gasteiger partial charge in [-0.1, -0.05) is 6.92 Å². The van der Waals surface area contributed by atoms with E-state index in [-0.39, 0.29) is 25.7 Å². The molecule has 1 fully saturated rings. The molecule has 160 valence electrons. The molecule has 1 saturated heterocycles. The van der Waals surface area contributed by atoms with E-state index >= 15 is 0 Å². The van der Waals surface area contributed by atoms with Gasteiger partial charge in [-0.2, -0.15) is 0 Å². The highest BCUT2D eigenvalue weighted by Crippen LogP contribution is 2.30. The quantitative estimate of drug-likeness (QED) is 0.294. The number of hydrogen-bond donors (Lipinski definition) is 0. The van der Waals surface area contributed by atoms with Crippen molar-refractivity contribution in [3.8, 4) is 0 Å². The molecule has 0 aromatic rings. The van der Waals surface area contributed by atoms with Crippen molar-refractivity contribution in [1.29, 1.82) is 0 Å². The molecule has 1 heterocycles. The first-order valence-electron chi connectivity index (χ1n) is 9.59. The maximum absolute atomic E-state index is 12.3. The predicted molar refractivity (Wildman–Crippen MR) is 98.3 cm³/mol. The molecule has 1 rings (SSSR count). The van der Waals surface area contributed by atoms with Gasteiger partial charge in [0.05, 0.1) is 12.0 Å². The molecule has 0 saturated carbocycles. The summed E-state index contributed by atoms with van der Waals surface area (Å²) in [6.45, 7) is 7.48. The van der Waals surface area contributed by atoms with Crippen LogP contribution in [-0.4, -0.2) is 67.9 Å². The molecule has 9 heteroatoms. The summed E-state index contributed by atoms with van der Waals surface area (Å²) in [7, 11) is 0. The van der Waals surface area contributed by atoms with E-state index in [1.165, 1.54) is 6.92 Å². The molecule has 1 aliphatic heterocycles. The smallest absolute Gasteiger partial charge is 0.463 e. The van der Waals surface area contributed by atoms with Crippen LogP contribution < -0.4 is 0 Å². The average molecular weight is 401 g/mol. The molecule has 0 N–H and O–H groups in total. The monoisotopic (exact) mass is 401 g/mol. The lowest BCUT2D eigenvalue weighted by molar-refractivity contribution is -0.161. The summed E-state index contributed by atoms with van der Waals surface area (Å²) in [6.07, 6.45) is 0.917. The maximum Gasteiger partial charge on any atom is 0.508 e. The van der Waals surface area contributed by atoms with E-state index in [0.29, 0.717) is 32.4 Å². The Morgan fingerprint density at radius 1 is 1.14 bits per heavy atom. The SMILES string of the molecule is CCC(C)(CC(C)OC(C)=O)C(=O)OCCOC(=O)OCCN1CCCC1=O. The second kappa shape index (κ2) is 11.5. The van der Waals surface area contributed by atoms with Crippen LogP contribution in [0, 0.1) is 5.41 Å². The van der Waals surface area contributed by atoms with Crippen LogP contribution in [-0.2, 0) is 33.3 Å². The summed E-state index contributed by atoms with van der Waals surface area (Å²) in [5.41, 5.74) is -0.808. The summed E-state index contributed by atoms with van der Waals surface area (Å²) < 4.78 is 20.0. The number of hydrogen-bond acceptors (Lipinski definition) is 8. The zero-order valence-corrected chi connectivity index (χ0v) is 17.2. The van der Waals surface area contributed by atoms with Gasteiger partial charge in [-0.05, 0) is 33.1 Å². The largest absolute Gasteiger partial charge is 0.508 e. The lowest BCUT2D eigenvalue weighted by Gasteiger charge is -2.28. The number of amides is 1. The van der Waals surface area contributed by atoms with Gasteiger partial charge in [0.1, 0.15) is 25.9 Å². The number of likely N-dealkylation sites (tertiary alicyclic amines) is 1. The number of esters is 2. The molecular weight excluding hydrogens is 370 g/mol. The molecule has 2 atom stereocenters. The van der Waals surface area contributed by atoms with E-state index in [2.05, 4.69) is 0 Å². The van der Waals surface area contributed by atoms with E-state index in [9.17, 15) is 19.2 Å². The lowest BCUT2D eigenvalue weighted by atomic mass is 9.82. The third kappa shape index (κ3) is 8.14. The summed E-state index contributed by atoms with van der Waals surface area (Å²) in [6, 6.07) is 0. The highest BCUT2D eigenvalue weighted by atomic mass is 16.7. The van der Waals surface area contributed by atoms with Crippen LogP contribution in [0.25, 0.3) is 0 Å². The third-order valence-electron chi connectivity index (χ3n) is 4.67. The maximum atomic E-state index is 12.3. The van der Waals surface area contributed by atoms with Crippen LogP contribution in [0.3, 0.4) is 0 Å². The van der Waals surface area contributed by atoms with Crippen molar-refractivity contribution in [2.24, 2.45) is 5.41 Å². The zero-order chi connectivity index (χ0) is 21.2. The van der Waals surface area contributed by atoms with Crippen molar-refractivity contribution < 1.29 is 38.1 Å². The predicted octanol–water partition coefficient (Wildman–Crippen LogP) is 2.06. The highest BCUT2D eigenvalue weighted by molar-refractivity contribution is 5.78. The van der Waals surface area contributed by atoms with Crippen LogP contribution in [0.2, 0.25) is 0 Å². The van der Waals surface area contributed by atoms with E-state index in [1.54, 1.807) is 18.7 Å². The van der Waals surface area contributed by atoms with Crippen molar-refractivity contribution in [1.82, 2.24) is 4.90 Å². The van der Waals surface area contributed by atoms with Gasteiger partial charge in [0.25, 0.3) is 0 Å². The van der Waals surface area contributed by atoms with Crippen LogP contribution in [0.4, 0.5) is 4.79 Å². The molecule has 0 aliphatic carbocycles. The van der Waals surface area contributed by atoms with Gasteiger partial charge in [0.2, 0.25) is 5.91 Å².